The molecule has 1 N–H and O–H groups in total. The second-order valence-electron chi connectivity index (χ2n) is 6.41. The zero-order chi connectivity index (χ0) is 21.0. The van der Waals surface area contributed by atoms with Crippen LogP contribution in [0.4, 0.5) is 5.69 Å². The third kappa shape index (κ3) is 4.51. The van der Waals surface area contributed by atoms with Gasteiger partial charge in [-0.1, -0.05) is 0 Å². The van der Waals surface area contributed by atoms with E-state index in [0.29, 0.717) is 34.9 Å². The molecule has 3 aromatic rings. The Hall–Kier alpha value is -3.48. The fourth-order valence-corrected chi connectivity index (χ4v) is 2.83. The molecule has 0 aliphatic rings. The van der Waals surface area contributed by atoms with Crippen molar-refractivity contribution in [2.75, 3.05) is 19.0 Å². The topological polar surface area (TPSA) is 87.0 Å². The summed E-state index contributed by atoms with van der Waals surface area (Å²) in [6, 6.07) is 12.2. The number of hydrogen-bond acceptors (Lipinski definition) is 6. The molecule has 0 saturated heterocycles. The van der Waals surface area contributed by atoms with Crippen molar-refractivity contribution in [2.24, 2.45) is 0 Å². The van der Waals surface area contributed by atoms with E-state index in [1.165, 1.54) is 6.92 Å². The van der Waals surface area contributed by atoms with E-state index < -0.39 is 18.0 Å². The molecule has 1 amide bonds. The number of methoxy groups -OCH3 is 1. The Kier molecular flexibility index (Phi) is 6.07. The predicted molar refractivity (Wildman–Crippen MR) is 109 cm³/mol. The molecule has 1 atom stereocenters. The van der Waals surface area contributed by atoms with Crippen molar-refractivity contribution in [3.8, 4) is 11.5 Å². The summed E-state index contributed by atoms with van der Waals surface area (Å²) in [7, 11) is 1.57. The summed E-state index contributed by atoms with van der Waals surface area (Å²) in [4.78, 5) is 24.9. The number of carbonyl (C=O) groups is 2. The van der Waals surface area contributed by atoms with Crippen LogP contribution in [-0.2, 0) is 9.53 Å². The number of amides is 1. The maximum atomic E-state index is 12.5. The summed E-state index contributed by atoms with van der Waals surface area (Å²) in [5, 5.41) is 3.46. The third-order valence-electron chi connectivity index (χ3n) is 4.41. The van der Waals surface area contributed by atoms with Gasteiger partial charge >= 0.3 is 5.97 Å². The van der Waals surface area contributed by atoms with Crippen LogP contribution in [0, 0.1) is 6.92 Å². The van der Waals surface area contributed by atoms with Gasteiger partial charge in [0, 0.05) is 16.6 Å². The van der Waals surface area contributed by atoms with Crippen LogP contribution in [0.15, 0.2) is 46.9 Å². The first-order valence-corrected chi connectivity index (χ1v) is 9.24. The number of hydrogen-bond donors (Lipinski definition) is 1. The van der Waals surface area contributed by atoms with Gasteiger partial charge in [-0.25, -0.2) is 4.79 Å². The summed E-state index contributed by atoms with van der Waals surface area (Å²) < 4.78 is 21.5. The van der Waals surface area contributed by atoms with Crippen LogP contribution >= 0.6 is 0 Å². The third-order valence-corrected chi connectivity index (χ3v) is 4.41. The standard InChI is InChI=1S/C22H23NO6/c1-5-27-16-8-6-15(7-9-16)23-21(24)14(3)28-22(25)20-13(2)18-12-17(26-4)10-11-19(18)29-20/h6-12,14H,5H2,1-4H3,(H,23,24). The first-order valence-electron chi connectivity index (χ1n) is 9.24. The Morgan fingerprint density at radius 3 is 2.45 bits per heavy atom. The number of rotatable bonds is 7. The highest BCUT2D eigenvalue weighted by Gasteiger charge is 2.24. The maximum absolute atomic E-state index is 12.5. The molecule has 1 unspecified atom stereocenters. The Labute approximate surface area is 168 Å². The van der Waals surface area contributed by atoms with E-state index in [0.717, 1.165) is 5.39 Å². The Bertz CT molecular complexity index is 1020. The molecule has 0 aliphatic carbocycles. The van der Waals surface area contributed by atoms with E-state index >= 15 is 0 Å². The molecule has 152 valence electrons. The van der Waals surface area contributed by atoms with Crippen molar-refractivity contribution >= 4 is 28.5 Å². The first-order chi connectivity index (χ1) is 13.9. The number of carbonyl (C=O) groups excluding carboxylic acids is 2. The second kappa shape index (κ2) is 8.68. The summed E-state index contributed by atoms with van der Waals surface area (Å²) in [6.45, 7) is 5.72. The minimum Gasteiger partial charge on any atom is -0.497 e. The van der Waals surface area contributed by atoms with Crippen molar-refractivity contribution in [1.29, 1.82) is 0 Å². The summed E-state index contributed by atoms with van der Waals surface area (Å²) in [5.41, 5.74) is 1.75. The quantitative estimate of drug-likeness (QED) is 0.597. The lowest BCUT2D eigenvalue weighted by molar-refractivity contribution is -0.123. The Morgan fingerprint density at radius 2 is 1.79 bits per heavy atom. The number of esters is 1. The monoisotopic (exact) mass is 397 g/mol. The predicted octanol–water partition coefficient (Wildman–Crippen LogP) is 4.33. The largest absolute Gasteiger partial charge is 0.497 e. The molecular formula is C22H23NO6. The Morgan fingerprint density at radius 1 is 1.10 bits per heavy atom. The van der Waals surface area contributed by atoms with Gasteiger partial charge in [0.05, 0.1) is 13.7 Å². The van der Waals surface area contributed by atoms with E-state index in [4.69, 9.17) is 18.6 Å². The van der Waals surface area contributed by atoms with E-state index in [-0.39, 0.29) is 5.76 Å². The van der Waals surface area contributed by atoms with Crippen LogP contribution in [0.25, 0.3) is 11.0 Å². The van der Waals surface area contributed by atoms with E-state index in [1.54, 1.807) is 56.5 Å². The zero-order valence-corrected chi connectivity index (χ0v) is 16.8. The highest BCUT2D eigenvalue weighted by Crippen LogP contribution is 2.29. The minimum absolute atomic E-state index is 0.0639. The van der Waals surface area contributed by atoms with Crippen molar-refractivity contribution < 1.29 is 28.2 Å². The molecule has 2 aromatic carbocycles. The van der Waals surface area contributed by atoms with Crippen LogP contribution in [0.3, 0.4) is 0 Å². The number of ether oxygens (including phenoxy) is 3. The number of benzene rings is 2. The highest BCUT2D eigenvalue weighted by molar-refractivity contribution is 5.99. The van der Waals surface area contributed by atoms with E-state index in [2.05, 4.69) is 5.32 Å². The molecule has 0 saturated carbocycles. The van der Waals surface area contributed by atoms with Gasteiger partial charge < -0.3 is 23.9 Å². The van der Waals surface area contributed by atoms with Crippen LogP contribution in [0.2, 0.25) is 0 Å². The highest BCUT2D eigenvalue weighted by atomic mass is 16.6. The zero-order valence-electron chi connectivity index (χ0n) is 16.8. The van der Waals surface area contributed by atoms with Crippen LogP contribution < -0.4 is 14.8 Å². The number of nitrogens with one attached hydrogen (secondary N) is 1. The number of anilines is 1. The smallest absolute Gasteiger partial charge is 0.375 e. The van der Waals surface area contributed by atoms with Gasteiger partial charge in [0.1, 0.15) is 17.1 Å². The molecule has 3 rings (SSSR count). The molecule has 0 spiro atoms. The van der Waals surface area contributed by atoms with Gasteiger partial charge in [-0.15, -0.1) is 0 Å². The van der Waals surface area contributed by atoms with Crippen LogP contribution in [-0.4, -0.2) is 31.7 Å². The molecule has 7 heteroatoms. The molecule has 0 fully saturated rings. The fourth-order valence-electron chi connectivity index (χ4n) is 2.83. The van der Waals surface area contributed by atoms with Crippen molar-refractivity contribution in [3.05, 3.63) is 53.8 Å². The molecule has 0 radical (unpaired) electrons. The molecule has 0 bridgehead atoms. The average molecular weight is 397 g/mol. The fraction of sp³-hybridized carbons (Fsp3) is 0.273. The van der Waals surface area contributed by atoms with Gasteiger partial charge in [0.15, 0.2) is 6.10 Å². The molecule has 1 heterocycles. The number of fused-ring (bicyclic) bond motifs is 1. The summed E-state index contributed by atoms with van der Waals surface area (Å²) in [6.07, 6.45) is -1.00. The van der Waals surface area contributed by atoms with Gasteiger partial charge in [-0.3, -0.25) is 4.79 Å². The van der Waals surface area contributed by atoms with Gasteiger partial charge in [0.25, 0.3) is 5.91 Å². The van der Waals surface area contributed by atoms with E-state index in [9.17, 15) is 9.59 Å². The molecular weight excluding hydrogens is 374 g/mol. The molecule has 7 nitrogen and oxygen atoms in total. The van der Waals surface area contributed by atoms with Crippen molar-refractivity contribution in [1.82, 2.24) is 0 Å². The van der Waals surface area contributed by atoms with Crippen molar-refractivity contribution in [2.45, 2.75) is 26.9 Å². The normalized spacial score (nSPS) is 11.7. The van der Waals surface area contributed by atoms with Crippen molar-refractivity contribution in [3.63, 3.8) is 0 Å². The lowest BCUT2D eigenvalue weighted by Crippen LogP contribution is -2.30. The van der Waals surface area contributed by atoms with Gasteiger partial charge in [-0.05, 0) is 63.2 Å². The average Bonchev–Trinajstić information content (AvgIpc) is 3.05. The van der Waals surface area contributed by atoms with Crippen LogP contribution in [0.1, 0.15) is 30.0 Å². The summed E-state index contributed by atoms with van der Waals surface area (Å²) >= 11 is 0. The summed E-state index contributed by atoms with van der Waals surface area (Å²) in [5.74, 6) is 0.283. The number of furan rings is 1. The maximum Gasteiger partial charge on any atom is 0.375 e. The second-order valence-corrected chi connectivity index (χ2v) is 6.41. The molecule has 29 heavy (non-hydrogen) atoms. The Balaban J connectivity index is 1.67. The van der Waals surface area contributed by atoms with E-state index in [1.807, 2.05) is 6.92 Å². The first kappa shape index (κ1) is 20.3. The molecule has 1 aromatic heterocycles. The van der Waals surface area contributed by atoms with Gasteiger partial charge in [-0.2, -0.15) is 0 Å². The SMILES string of the molecule is CCOc1ccc(NC(=O)C(C)OC(=O)c2oc3ccc(OC)cc3c2C)cc1. The van der Waals surface area contributed by atoms with Gasteiger partial charge in [0.2, 0.25) is 5.76 Å². The minimum atomic E-state index is -1.00. The van der Waals surface area contributed by atoms with Crippen LogP contribution in [0.5, 0.6) is 11.5 Å². The number of aryl methyl sites for hydroxylation is 1. The lowest BCUT2D eigenvalue weighted by atomic mass is 10.1. The molecule has 0 aliphatic heterocycles. The lowest BCUT2D eigenvalue weighted by Gasteiger charge is -2.13.